The van der Waals surface area contributed by atoms with E-state index in [-0.39, 0.29) is 0 Å². The van der Waals surface area contributed by atoms with E-state index in [4.69, 9.17) is 10.5 Å². The molecule has 0 aliphatic rings. The summed E-state index contributed by atoms with van der Waals surface area (Å²) in [6.45, 7) is 1.92. The van der Waals surface area contributed by atoms with Gasteiger partial charge in [-0.3, -0.25) is 4.98 Å². The molecule has 0 radical (unpaired) electrons. The van der Waals surface area contributed by atoms with Crippen molar-refractivity contribution in [2.24, 2.45) is 0 Å². The maximum Gasteiger partial charge on any atom is 0.143 e. The van der Waals surface area contributed by atoms with E-state index in [1.807, 2.05) is 37.3 Å². The van der Waals surface area contributed by atoms with Gasteiger partial charge in [-0.1, -0.05) is 6.07 Å². The van der Waals surface area contributed by atoms with Crippen molar-refractivity contribution in [1.29, 1.82) is 0 Å². The lowest BCUT2D eigenvalue weighted by molar-refractivity contribution is 0.478. The third-order valence-electron chi connectivity index (χ3n) is 2.09. The summed E-state index contributed by atoms with van der Waals surface area (Å²) >= 11 is 3.39. The molecule has 2 N–H and O–H groups in total. The summed E-state index contributed by atoms with van der Waals surface area (Å²) in [4.78, 5) is 4.11. The van der Waals surface area contributed by atoms with Crippen molar-refractivity contribution < 1.29 is 4.74 Å². The van der Waals surface area contributed by atoms with Gasteiger partial charge in [0.2, 0.25) is 0 Å². The molecule has 0 amide bonds. The monoisotopic (exact) mass is 278 g/mol. The van der Waals surface area contributed by atoms with Gasteiger partial charge in [0.25, 0.3) is 0 Å². The number of halogens is 1. The molecule has 0 spiro atoms. The zero-order valence-electron chi connectivity index (χ0n) is 8.77. The van der Waals surface area contributed by atoms with Crippen molar-refractivity contribution in [3.8, 4) is 11.5 Å². The molecule has 1 aromatic heterocycles. The number of rotatable bonds is 2. The Morgan fingerprint density at radius 1 is 1.31 bits per heavy atom. The largest absolute Gasteiger partial charge is 0.456 e. The average molecular weight is 279 g/mol. The van der Waals surface area contributed by atoms with E-state index >= 15 is 0 Å². The smallest absolute Gasteiger partial charge is 0.143 e. The Kier molecular flexibility index (Phi) is 3.10. The van der Waals surface area contributed by atoms with Crippen LogP contribution in [0.4, 0.5) is 5.69 Å². The molecule has 2 rings (SSSR count). The van der Waals surface area contributed by atoms with Gasteiger partial charge in [-0.05, 0) is 41.1 Å². The standard InChI is InChI=1S/C12H11BrN2O/c1-8-7-9(5-6-15-8)16-11-4-2-3-10(14)12(11)13/h2-7H,14H2,1H3. The Balaban J connectivity index is 2.31. The second-order valence-electron chi connectivity index (χ2n) is 3.39. The van der Waals surface area contributed by atoms with Crippen molar-refractivity contribution >= 4 is 21.6 Å². The number of benzene rings is 1. The lowest BCUT2D eigenvalue weighted by Gasteiger charge is -2.09. The fraction of sp³-hybridized carbons (Fsp3) is 0.0833. The van der Waals surface area contributed by atoms with Crippen LogP contribution in [0.2, 0.25) is 0 Å². The van der Waals surface area contributed by atoms with Crippen LogP contribution < -0.4 is 10.5 Å². The van der Waals surface area contributed by atoms with E-state index in [2.05, 4.69) is 20.9 Å². The molecule has 4 heteroatoms. The second-order valence-corrected chi connectivity index (χ2v) is 4.19. The minimum Gasteiger partial charge on any atom is -0.456 e. The van der Waals surface area contributed by atoms with Crippen molar-refractivity contribution in [2.45, 2.75) is 6.92 Å². The Morgan fingerprint density at radius 3 is 2.88 bits per heavy atom. The van der Waals surface area contributed by atoms with Crippen LogP contribution in [0.15, 0.2) is 41.0 Å². The van der Waals surface area contributed by atoms with E-state index in [1.165, 1.54) is 0 Å². The molecule has 1 aromatic carbocycles. The van der Waals surface area contributed by atoms with Gasteiger partial charge in [-0.25, -0.2) is 0 Å². The minimum absolute atomic E-state index is 0.656. The first-order chi connectivity index (χ1) is 7.66. The van der Waals surface area contributed by atoms with Crippen molar-refractivity contribution in [3.63, 3.8) is 0 Å². The number of anilines is 1. The molecule has 0 atom stereocenters. The first-order valence-corrected chi connectivity index (χ1v) is 5.60. The molecule has 0 fully saturated rings. The van der Waals surface area contributed by atoms with Crippen molar-refractivity contribution in [1.82, 2.24) is 4.98 Å². The summed E-state index contributed by atoms with van der Waals surface area (Å²) in [6, 6.07) is 9.20. The number of hydrogen-bond acceptors (Lipinski definition) is 3. The Bertz CT molecular complexity index is 514. The maximum absolute atomic E-state index is 5.76. The Labute approximate surface area is 102 Å². The Hall–Kier alpha value is -1.55. The minimum atomic E-state index is 0.656. The van der Waals surface area contributed by atoms with Gasteiger partial charge < -0.3 is 10.5 Å². The number of ether oxygens (including phenoxy) is 1. The lowest BCUT2D eigenvalue weighted by atomic mass is 10.3. The summed E-state index contributed by atoms with van der Waals surface area (Å²) in [6.07, 6.45) is 1.71. The molecule has 0 aliphatic carbocycles. The second kappa shape index (κ2) is 4.53. The number of hydrogen-bond donors (Lipinski definition) is 1. The molecule has 1 heterocycles. The van der Waals surface area contributed by atoms with E-state index in [0.717, 1.165) is 15.9 Å². The number of nitrogen functional groups attached to an aromatic ring is 1. The number of nitrogens with two attached hydrogens (primary N) is 1. The van der Waals surface area contributed by atoms with Gasteiger partial charge in [0, 0.05) is 23.6 Å². The summed E-state index contributed by atoms with van der Waals surface area (Å²) < 4.78 is 6.47. The lowest BCUT2D eigenvalue weighted by Crippen LogP contribution is -1.91. The summed E-state index contributed by atoms with van der Waals surface area (Å²) in [5.74, 6) is 1.45. The van der Waals surface area contributed by atoms with Crippen molar-refractivity contribution in [2.75, 3.05) is 5.73 Å². The van der Waals surface area contributed by atoms with Crippen LogP contribution in [0.3, 0.4) is 0 Å². The predicted octanol–water partition coefficient (Wildman–Crippen LogP) is 3.53. The van der Waals surface area contributed by atoms with Crippen LogP contribution in [-0.4, -0.2) is 4.98 Å². The molecule has 82 valence electrons. The fourth-order valence-corrected chi connectivity index (χ4v) is 1.66. The molecular weight excluding hydrogens is 268 g/mol. The number of aromatic nitrogens is 1. The summed E-state index contributed by atoms with van der Waals surface area (Å²) in [5, 5.41) is 0. The van der Waals surface area contributed by atoms with E-state index in [9.17, 15) is 0 Å². The first-order valence-electron chi connectivity index (χ1n) is 4.81. The number of nitrogens with zero attached hydrogens (tertiary/aromatic N) is 1. The van der Waals surface area contributed by atoms with Crippen LogP contribution in [-0.2, 0) is 0 Å². The van der Waals surface area contributed by atoms with Gasteiger partial charge in [0.15, 0.2) is 0 Å². The van der Waals surface area contributed by atoms with Gasteiger partial charge in [-0.15, -0.1) is 0 Å². The predicted molar refractivity (Wildman–Crippen MR) is 67.6 cm³/mol. The number of pyridine rings is 1. The molecule has 0 unspecified atom stereocenters. The molecule has 16 heavy (non-hydrogen) atoms. The highest BCUT2D eigenvalue weighted by molar-refractivity contribution is 9.10. The van der Waals surface area contributed by atoms with E-state index < -0.39 is 0 Å². The molecule has 0 saturated heterocycles. The van der Waals surface area contributed by atoms with Gasteiger partial charge >= 0.3 is 0 Å². The van der Waals surface area contributed by atoms with Gasteiger partial charge in [0.05, 0.1) is 4.47 Å². The fourth-order valence-electron chi connectivity index (χ4n) is 1.32. The molecule has 3 nitrogen and oxygen atoms in total. The molecule has 0 bridgehead atoms. The summed E-state index contributed by atoms with van der Waals surface area (Å²) in [5.41, 5.74) is 7.34. The zero-order chi connectivity index (χ0) is 11.5. The van der Waals surface area contributed by atoms with Crippen LogP contribution >= 0.6 is 15.9 Å². The Morgan fingerprint density at radius 2 is 2.12 bits per heavy atom. The highest BCUT2D eigenvalue weighted by Gasteiger charge is 2.05. The normalized spacial score (nSPS) is 10.1. The highest BCUT2D eigenvalue weighted by atomic mass is 79.9. The molecule has 0 saturated carbocycles. The first kappa shape index (κ1) is 11.0. The molecule has 2 aromatic rings. The van der Waals surface area contributed by atoms with Crippen molar-refractivity contribution in [3.05, 3.63) is 46.7 Å². The van der Waals surface area contributed by atoms with E-state index in [1.54, 1.807) is 6.20 Å². The van der Waals surface area contributed by atoms with Gasteiger partial charge in [0.1, 0.15) is 11.5 Å². The van der Waals surface area contributed by atoms with Crippen LogP contribution in [0.5, 0.6) is 11.5 Å². The summed E-state index contributed by atoms with van der Waals surface area (Å²) in [7, 11) is 0. The zero-order valence-corrected chi connectivity index (χ0v) is 10.4. The average Bonchev–Trinajstić information content (AvgIpc) is 2.25. The quantitative estimate of drug-likeness (QED) is 0.855. The van der Waals surface area contributed by atoms with Crippen LogP contribution in [0.25, 0.3) is 0 Å². The highest BCUT2D eigenvalue weighted by Crippen LogP contribution is 2.33. The third-order valence-corrected chi connectivity index (χ3v) is 2.94. The maximum atomic E-state index is 5.76. The molecular formula is C12H11BrN2O. The number of aryl methyl sites for hydroxylation is 1. The third kappa shape index (κ3) is 2.33. The molecule has 0 aliphatic heterocycles. The van der Waals surface area contributed by atoms with Gasteiger partial charge in [-0.2, -0.15) is 0 Å². The topological polar surface area (TPSA) is 48.1 Å². The van der Waals surface area contributed by atoms with Crippen LogP contribution in [0, 0.1) is 6.92 Å². The SMILES string of the molecule is Cc1cc(Oc2cccc(N)c2Br)ccn1. The van der Waals surface area contributed by atoms with E-state index in [0.29, 0.717) is 11.4 Å². The van der Waals surface area contributed by atoms with Crippen LogP contribution in [0.1, 0.15) is 5.69 Å².